The van der Waals surface area contributed by atoms with Crippen LogP contribution in [0.25, 0.3) is 11.3 Å². The monoisotopic (exact) mass is 201 g/mol. The lowest BCUT2D eigenvalue weighted by molar-refractivity contribution is -0.593. The van der Waals surface area contributed by atoms with E-state index in [-0.39, 0.29) is 17.1 Å². The number of nitrogens with zero attached hydrogens (tertiary/aromatic N) is 1. The number of benzene rings is 1. The molecule has 4 nitrogen and oxygen atoms in total. The Bertz CT molecular complexity index is 477. The molecule has 0 unspecified atom stereocenters. The molecule has 0 bridgehead atoms. The molecule has 0 aliphatic heterocycles. The Labute approximate surface area is 86.8 Å². The van der Waals surface area contributed by atoms with Crippen LogP contribution < -0.4 is 10.5 Å². The van der Waals surface area contributed by atoms with Crippen molar-refractivity contribution in [1.29, 1.82) is 0 Å². The summed E-state index contributed by atoms with van der Waals surface area (Å²) >= 11 is 0. The normalized spacial score (nSPS) is 10.1. The van der Waals surface area contributed by atoms with E-state index in [1.165, 1.54) is 18.3 Å². The highest BCUT2D eigenvalue weighted by Gasteiger charge is 2.16. The minimum Gasteiger partial charge on any atom is -0.618 e. The zero-order valence-electron chi connectivity index (χ0n) is 7.84. The average molecular weight is 201 g/mol. The van der Waals surface area contributed by atoms with Gasteiger partial charge in [0.05, 0.1) is 5.56 Å². The van der Waals surface area contributed by atoms with E-state index >= 15 is 0 Å². The lowest BCUT2D eigenvalue weighted by Gasteiger charge is -2.07. The molecule has 0 saturated carbocycles. The molecule has 0 fully saturated rings. The predicted molar refractivity (Wildman–Crippen MR) is 55.8 cm³/mol. The minimum absolute atomic E-state index is 0.0217. The molecule has 0 aliphatic carbocycles. The van der Waals surface area contributed by atoms with Crippen molar-refractivity contribution in [2.45, 2.75) is 0 Å². The summed E-state index contributed by atoms with van der Waals surface area (Å²) in [4.78, 5) is 0. The summed E-state index contributed by atoms with van der Waals surface area (Å²) in [5.74, 6) is 0.0217. The summed E-state index contributed by atoms with van der Waals surface area (Å²) in [7, 11) is 0. The molecule has 4 heteroatoms. The third kappa shape index (κ3) is 1.57. The molecule has 2 aromatic rings. The van der Waals surface area contributed by atoms with Gasteiger partial charge < -0.3 is 16.0 Å². The molecule has 0 atom stereocenters. The van der Waals surface area contributed by atoms with Crippen molar-refractivity contribution in [2.24, 2.45) is 0 Å². The Hall–Kier alpha value is -2.23. The summed E-state index contributed by atoms with van der Waals surface area (Å²) in [6, 6.07) is 10.7. The van der Waals surface area contributed by atoms with Crippen molar-refractivity contribution in [3.05, 3.63) is 47.8 Å². The molecule has 0 saturated heterocycles. The predicted octanol–water partition coefficient (Wildman–Crippen LogP) is 1.07. The molecule has 2 rings (SSSR count). The number of pyridine rings is 1. The van der Waals surface area contributed by atoms with Crippen LogP contribution in [0.1, 0.15) is 0 Å². The smallest absolute Gasteiger partial charge is 0.251 e. The number of rotatable bonds is 1. The molecule has 1 radical (unpaired) electrons. The van der Waals surface area contributed by atoms with Crippen molar-refractivity contribution in [3.8, 4) is 17.0 Å². The van der Waals surface area contributed by atoms with E-state index in [2.05, 4.69) is 6.07 Å². The number of aromatic hydroxyl groups is 1. The van der Waals surface area contributed by atoms with Crippen LogP contribution in [0.4, 0.5) is 5.69 Å². The minimum atomic E-state index is 0.0217. The standard InChI is InChI=1S/C11H9N2O2/c12-9-5-3-7-13(15)11(9)8-4-1-2-6-10(8)14/h1-4,6-7,14H,12H2. The Balaban J connectivity index is 2.69. The molecule has 15 heavy (non-hydrogen) atoms. The van der Waals surface area contributed by atoms with Gasteiger partial charge in [0.15, 0.2) is 6.20 Å². The van der Waals surface area contributed by atoms with Gasteiger partial charge in [0.2, 0.25) is 0 Å². The molecule has 0 spiro atoms. The second-order valence-corrected chi connectivity index (χ2v) is 3.07. The summed E-state index contributed by atoms with van der Waals surface area (Å²) in [5, 5.41) is 21.1. The third-order valence-electron chi connectivity index (χ3n) is 2.08. The second-order valence-electron chi connectivity index (χ2n) is 3.07. The topological polar surface area (TPSA) is 73.2 Å². The molecule has 0 amide bonds. The number of phenols is 1. The zero-order valence-corrected chi connectivity index (χ0v) is 7.84. The third-order valence-corrected chi connectivity index (χ3v) is 2.08. The highest BCUT2D eigenvalue weighted by atomic mass is 16.5. The number of hydrogen-bond donors (Lipinski definition) is 2. The lowest BCUT2D eigenvalue weighted by atomic mass is 10.1. The maximum atomic E-state index is 11.5. The van der Waals surface area contributed by atoms with Gasteiger partial charge in [-0.3, -0.25) is 0 Å². The van der Waals surface area contributed by atoms with Crippen LogP contribution in [0.5, 0.6) is 5.75 Å². The van der Waals surface area contributed by atoms with Crippen LogP contribution in [0.3, 0.4) is 0 Å². The highest BCUT2D eigenvalue weighted by molar-refractivity contribution is 5.73. The second kappa shape index (κ2) is 3.49. The van der Waals surface area contributed by atoms with Gasteiger partial charge in [-0.1, -0.05) is 12.1 Å². The van der Waals surface area contributed by atoms with Crippen molar-refractivity contribution in [3.63, 3.8) is 0 Å². The van der Waals surface area contributed by atoms with Gasteiger partial charge in [0.1, 0.15) is 11.4 Å². The first-order chi connectivity index (χ1) is 7.20. The molecule has 3 N–H and O–H groups in total. The number of para-hydroxylation sites is 1. The largest absolute Gasteiger partial charge is 0.618 e. The molecule has 1 heterocycles. The lowest BCUT2D eigenvalue weighted by Crippen LogP contribution is -2.29. The first-order valence-corrected chi connectivity index (χ1v) is 4.38. The SMILES string of the molecule is Nc1[c]cc[n+]([O-])c1-c1ccccc1O. The van der Waals surface area contributed by atoms with Crippen molar-refractivity contribution >= 4 is 5.69 Å². The summed E-state index contributed by atoms with van der Waals surface area (Å²) in [6.07, 6.45) is 1.29. The molecular weight excluding hydrogens is 192 g/mol. The van der Waals surface area contributed by atoms with Gasteiger partial charge in [0.25, 0.3) is 5.69 Å². The van der Waals surface area contributed by atoms with Crippen molar-refractivity contribution in [2.75, 3.05) is 5.73 Å². The van der Waals surface area contributed by atoms with Crippen LogP contribution in [0, 0.1) is 11.3 Å². The molecular formula is C11H9N2O2. The van der Waals surface area contributed by atoms with Gasteiger partial charge in [0, 0.05) is 12.1 Å². The van der Waals surface area contributed by atoms with Crippen molar-refractivity contribution in [1.82, 2.24) is 0 Å². The molecule has 75 valence electrons. The fourth-order valence-electron chi connectivity index (χ4n) is 1.39. The van der Waals surface area contributed by atoms with Gasteiger partial charge in [-0.15, -0.1) is 0 Å². The number of hydrogen-bond acceptors (Lipinski definition) is 3. The Kier molecular flexibility index (Phi) is 2.17. The van der Waals surface area contributed by atoms with E-state index < -0.39 is 0 Å². The number of nitrogen functional groups attached to an aromatic ring is 1. The van der Waals surface area contributed by atoms with Crippen LogP contribution in [0.2, 0.25) is 0 Å². The number of aromatic nitrogens is 1. The molecule has 0 aliphatic rings. The Morgan fingerprint density at radius 1 is 1.33 bits per heavy atom. The number of nitrogens with two attached hydrogens (primary N) is 1. The molecule has 1 aromatic carbocycles. The summed E-state index contributed by atoms with van der Waals surface area (Å²) in [6.45, 7) is 0. The maximum absolute atomic E-state index is 11.5. The van der Waals surface area contributed by atoms with E-state index in [0.717, 1.165) is 0 Å². The number of anilines is 1. The average Bonchev–Trinajstić information content (AvgIpc) is 2.20. The van der Waals surface area contributed by atoms with Crippen LogP contribution in [0.15, 0.2) is 36.5 Å². The van der Waals surface area contributed by atoms with Gasteiger partial charge >= 0.3 is 0 Å². The van der Waals surface area contributed by atoms with Crippen LogP contribution in [-0.2, 0) is 0 Å². The van der Waals surface area contributed by atoms with Gasteiger partial charge in [-0.05, 0) is 12.1 Å². The van der Waals surface area contributed by atoms with Crippen LogP contribution in [-0.4, -0.2) is 5.11 Å². The Morgan fingerprint density at radius 2 is 2.07 bits per heavy atom. The van der Waals surface area contributed by atoms with Gasteiger partial charge in [-0.25, -0.2) is 0 Å². The number of phenolic OH excluding ortho intramolecular Hbond substituents is 1. The summed E-state index contributed by atoms with van der Waals surface area (Å²) in [5.41, 5.74) is 6.47. The summed E-state index contributed by atoms with van der Waals surface area (Å²) < 4.78 is 0.612. The zero-order chi connectivity index (χ0) is 10.8. The quantitative estimate of drug-likeness (QED) is 0.535. The fourth-order valence-corrected chi connectivity index (χ4v) is 1.39. The maximum Gasteiger partial charge on any atom is 0.251 e. The highest BCUT2D eigenvalue weighted by Crippen LogP contribution is 2.29. The van der Waals surface area contributed by atoms with Crippen molar-refractivity contribution < 1.29 is 9.84 Å². The molecule has 1 aromatic heterocycles. The van der Waals surface area contributed by atoms with E-state index in [0.29, 0.717) is 10.3 Å². The van der Waals surface area contributed by atoms with E-state index in [9.17, 15) is 10.3 Å². The first-order valence-electron chi connectivity index (χ1n) is 4.38. The van der Waals surface area contributed by atoms with E-state index in [1.807, 2.05) is 0 Å². The fraction of sp³-hybridized carbons (Fsp3) is 0. The Morgan fingerprint density at radius 3 is 2.73 bits per heavy atom. The van der Waals surface area contributed by atoms with E-state index in [4.69, 9.17) is 5.73 Å². The van der Waals surface area contributed by atoms with Crippen LogP contribution >= 0.6 is 0 Å². The van der Waals surface area contributed by atoms with E-state index in [1.54, 1.807) is 18.2 Å². The van der Waals surface area contributed by atoms with Gasteiger partial charge in [-0.2, -0.15) is 4.73 Å². The first kappa shape index (κ1) is 9.33.